The van der Waals surface area contributed by atoms with Gasteiger partial charge in [-0.1, -0.05) is 0 Å². The van der Waals surface area contributed by atoms with Gasteiger partial charge in [-0.15, -0.1) is 0 Å². The van der Waals surface area contributed by atoms with E-state index >= 15 is 0 Å². The Morgan fingerprint density at radius 2 is 1.50 bits per heavy atom. The second kappa shape index (κ2) is 5.59. The Labute approximate surface area is 82.9 Å². The van der Waals surface area contributed by atoms with Gasteiger partial charge in [0.15, 0.2) is 0 Å². The summed E-state index contributed by atoms with van der Waals surface area (Å²) in [6.45, 7) is 2.78. The largest absolute Gasteiger partial charge is 0.379 e. The van der Waals surface area contributed by atoms with Gasteiger partial charge in [0, 0.05) is 0 Å². The Morgan fingerprint density at radius 3 is 1.71 bits per heavy atom. The lowest BCUT2D eigenvalue weighted by atomic mass is 10.4. The van der Waals surface area contributed by atoms with Crippen LogP contribution in [-0.2, 0) is 10.1 Å². The Hall–Kier alpha value is -0.250. The van der Waals surface area contributed by atoms with Crippen molar-refractivity contribution in [2.45, 2.75) is 32.5 Å². The van der Waals surface area contributed by atoms with Crippen LogP contribution in [0.2, 0.25) is 0 Å². The molecule has 0 aliphatic rings. The summed E-state index contributed by atoms with van der Waals surface area (Å²) in [5.41, 5.74) is 0. The molecule has 0 rings (SSSR count). The molecule has 7 nitrogen and oxygen atoms in total. The molecule has 2 atom stereocenters. The first-order chi connectivity index (χ1) is 6.20. The molecule has 2 unspecified atom stereocenters. The van der Waals surface area contributed by atoms with Crippen LogP contribution in [-0.4, -0.2) is 47.6 Å². The summed E-state index contributed by atoms with van der Waals surface area (Å²) >= 11 is 0. The molecule has 0 fully saturated rings. The van der Waals surface area contributed by atoms with Gasteiger partial charge < -0.3 is 10.2 Å². The minimum Gasteiger partial charge on any atom is -0.379 e. The van der Waals surface area contributed by atoms with Gasteiger partial charge in [-0.3, -0.25) is 15.2 Å². The molecule has 86 valence electrons. The van der Waals surface area contributed by atoms with Gasteiger partial charge in [-0.05, 0) is 13.8 Å². The average molecular weight is 228 g/mol. The molecule has 0 aromatic rings. The summed E-state index contributed by atoms with van der Waals surface area (Å²) in [4.78, 5) is 0. The molecule has 8 heteroatoms. The molecule has 0 heterocycles. The smallest absolute Gasteiger partial charge is 0.267 e. The lowest BCUT2D eigenvalue weighted by molar-refractivity contribution is 0.0969. The van der Waals surface area contributed by atoms with Gasteiger partial charge in [0.2, 0.25) is 0 Å². The van der Waals surface area contributed by atoms with Crippen LogP contribution in [0.25, 0.3) is 0 Å². The highest BCUT2D eigenvalue weighted by Gasteiger charge is 2.18. The van der Waals surface area contributed by atoms with Crippen molar-refractivity contribution in [3.05, 3.63) is 0 Å². The quantitative estimate of drug-likeness (QED) is 0.265. The van der Waals surface area contributed by atoms with Gasteiger partial charge in [0.1, 0.15) is 18.2 Å². The first-order valence-electron chi connectivity index (χ1n) is 4.04. The van der Waals surface area contributed by atoms with Gasteiger partial charge in [0.05, 0.1) is 6.17 Å². The van der Waals surface area contributed by atoms with Crippen molar-refractivity contribution in [3.8, 4) is 0 Å². The summed E-state index contributed by atoms with van der Waals surface area (Å²) in [6, 6.07) is 0. The molecule has 5 N–H and O–H groups in total. The van der Waals surface area contributed by atoms with Crippen molar-refractivity contribution < 1.29 is 23.2 Å². The minimum atomic E-state index is -4.16. The van der Waals surface area contributed by atoms with E-state index in [0.717, 1.165) is 0 Å². The van der Waals surface area contributed by atoms with Crippen molar-refractivity contribution in [2.75, 3.05) is 5.75 Å². The summed E-state index contributed by atoms with van der Waals surface area (Å²) < 4.78 is 29.6. The number of aliphatic hydroxyl groups excluding tert-OH is 2. The van der Waals surface area contributed by atoms with Crippen molar-refractivity contribution in [3.63, 3.8) is 0 Å². The van der Waals surface area contributed by atoms with Crippen LogP contribution >= 0.6 is 0 Å². The van der Waals surface area contributed by atoms with Gasteiger partial charge in [-0.2, -0.15) is 8.42 Å². The van der Waals surface area contributed by atoms with Crippen LogP contribution in [0.1, 0.15) is 13.8 Å². The molecule has 0 aliphatic heterocycles. The molecule has 0 amide bonds. The van der Waals surface area contributed by atoms with Crippen LogP contribution < -0.4 is 10.6 Å². The molecule has 0 saturated heterocycles. The van der Waals surface area contributed by atoms with Crippen LogP contribution in [0.15, 0.2) is 0 Å². The lowest BCUT2D eigenvalue weighted by Gasteiger charge is -2.22. The highest BCUT2D eigenvalue weighted by atomic mass is 32.2. The van der Waals surface area contributed by atoms with Crippen LogP contribution in [0.3, 0.4) is 0 Å². The Kier molecular flexibility index (Phi) is 5.49. The molecular weight excluding hydrogens is 212 g/mol. The van der Waals surface area contributed by atoms with E-state index in [1.807, 2.05) is 0 Å². The van der Waals surface area contributed by atoms with E-state index in [4.69, 9.17) is 14.8 Å². The molecule has 0 bridgehead atoms. The third-order valence-electron chi connectivity index (χ3n) is 1.26. The lowest BCUT2D eigenvalue weighted by Crippen LogP contribution is -2.53. The van der Waals surface area contributed by atoms with Crippen LogP contribution in [0.5, 0.6) is 0 Å². The Morgan fingerprint density at radius 1 is 1.14 bits per heavy atom. The highest BCUT2D eigenvalue weighted by molar-refractivity contribution is 7.85. The zero-order valence-corrected chi connectivity index (χ0v) is 8.82. The van der Waals surface area contributed by atoms with Crippen LogP contribution in [0, 0.1) is 0 Å². The molecule has 0 spiro atoms. The Bertz CT molecular complexity index is 241. The highest BCUT2D eigenvalue weighted by Crippen LogP contribution is 1.91. The van der Waals surface area contributed by atoms with E-state index in [1.54, 1.807) is 0 Å². The fraction of sp³-hybridized carbons (Fsp3) is 1.00. The number of aliphatic hydroxyl groups is 2. The zero-order chi connectivity index (χ0) is 11.4. The molecule has 0 aliphatic carbocycles. The molecule has 0 radical (unpaired) electrons. The minimum absolute atomic E-state index is 0.636. The topological polar surface area (TPSA) is 119 Å². The van der Waals surface area contributed by atoms with Gasteiger partial charge in [0.25, 0.3) is 10.1 Å². The molecular formula is C6H16N2O5S. The van der Waals surface area contributed by atoms with Gasteiger partial charge >= 0.3 is 0 Å². The van der Waals surface area contributed by atoms with E-state index in [9.17, 15) is 8.42 Å². The number of rotatable bonds is 6. The van der Waals surface area contributed by atoms with Crippen molar-refractivity contribution in [1.82, 2.24) is 10.6 Å². The number of nitrogens with one attached hydrogen (secondary N) is 2. The van der Waals surface area contributed by atoms with E-state index in [0.29, 0.717) is 0 Å². The van der Waals surface area contributed by atoms with Crippen molar-refractivity contribution in [1.29, 1.82) is 0 Å². The third kappa shape index (κ3) is 8.35. The molecule has 0 aromatic heterocycles. The van der Waals surface area contributed by atoms with E-state index < -0.39 is 34.5 Å². The fourth-order valence-corrected chi connectivity index (χ4v) is 1.55. The average Bonchev–Trinajstić information content (AvgIpc) is 1.77. The summed E-state index contributed by atoms with van der Waals surface area (Å²) in [5, 5.41) is 22.7. The van der Waals surface area contributed by atoms with Gasteiger partial charge in [-0.25, -0.2) is 0 Å². The van der Waals surface area contributed by atoms with Crippen LogP contribution in [0.4, 0.5) is 0 Å². The zero-order valence-electron chi connectivity index (χ0n) is 8.01. The molecule has 0 aromatic carbocycles. The number of hydrogen-bond donors (Lipinski definition) is 5. The summed E-state index contributed by atoms with van der Waals surface area (Å²) in [5.74, 6) is -0.636. The third-order valence-corrected chi connectivity index (χ3v) is 2.02. The van der Waals surface area contributed by atoms with E-state index in [1.165, 1.54) is 13.8 Å². The predicted molar refractivity (Wildman–Crippen MR) is 49.8 cm³/mol. The first kappa shape index (κ1) is 13.8. The maximum absolute atomic E-state index is 10.5. The van der Waals surface area contributed by atoms with E-state index in [-0.39, 0.29) is 0 Å². The summed E-state index contributed by atoms with van der Waals surface area (Å²) in [7, 11) is -4.16. The number of hydrogen-bond acceptors (Lipinski definition) is 6. The maximum atomic E-state index is 10.5. The standard InChI is InChI=1S/C6H16N2O5S/c1-4(9)7-6(8-5(2)10)3-14(11,12)13/h4-10H,3H2,1-2H3,(H,11,12,13). The second-order valence-corrected chi connectivity index (χ2v) is 4.48. The van der Waals surface area contributed by atoms with E-state index in [2.05, 4.69) is 10.6 Å². The second-order valence-electron chi connectivity index (χ2n) is 2.99. The first-order valence-corrected chi connectivity index (χ1v) is 5.65. The van der Waals surface area contributed by atoms with Crippen molar-refractivity contribution >= 4 is 10.1 Å². The maximum Gasteiger partial charge on any atom is 0.267 e. The molecule has 14 heavy (non-hydrogen) atoms. The normalized spacial score (nSPS) is 18.9. The summed E-state index contributed by atoms with van der Waals surface area (Å²) in [6.07, 6.45) is -2.81. The predicted octanol–water partition coefficient (Wildman–Crippen LogP) is -1.94. The monoisotopic (exact) mass is 228 g/mol. The van der Waals surface area contributed by atoms with Crippen molar-refractivity contribution in [2.24, 2.45) is 0 Å². The SMILES string of the molecule is CC(O)NC(CS(=O)(=O)O)NC(C)O. The fourth-order valence-electron chi connectivity index (χ4n) is 0.937. The Balaban J connectivity index is 4.25. The molecule has 0 saturated carbocycles.